The quantitative estimate of drug-likeness (QED) is 0.0954. The van der Waals surface area contributed by atoms with Gasteiger partial charge in [-0.2, -0.15) is 0 Å². The first-order chi connectivity index (χ1) is 23.6. The van der Waals surface area contributed by atoms with Crippen LogP contribution < -0.4 is 0 Å². The van der Waals surface area contributed by atoms with Gasteiger partial charge >= 0.3 is 0 Å². The molecule has 0 radical (unpaired) electrons. The predicted octanol–water partition coefficient (Wildman–Crippen LogP) is 14.1. The Balaban J connectivity index is 1.50. The molecule has 0 spiro atoms. The van der Waals surface area contributed by atoms with E-state index in [9.17, 15) is 4.79 Å². The van der Waals surface area contributed by atoms with Crippen LogP contribution in [0.3, 0.4) is 0 Å². The second-order valence-electron chi connectivity index (χ2n) is 20.9. The molecule has 0 aromatic rings. The number of allylic oxidation sites excluding steroid dienone is 5. The second-order valence-corrected chi connectivity index (χ2v) is 30.4. The molecule has 0 amide bonds. The molecule has 4 rings (SSSR count). The lowest BCUT2D eigenvalue weighted by Crippen LogP contribution is -2.49. The van der Waals surface area contributed by atoms with E-state index in [1.165, 1.54) is 75.4 Å². The van der Waals surface area contributed by atoms with Crippen molar-refractivity contribution in [2.45, 2.75) is 207 Å². The summed E-state index contributed by atoms with van der Waals surface area (Å²) in [7, 11) is -3.94. The standard InChI is InChI=1S/C46H80O3Si2/c1-15-16-17-18-19-29-46(30-31-46)42(47)27-22-34(2)39-25-26-40-36(21-20-28-45(39,40)10)23-24-37-32-38(48-50(11,12)43(4,5)6)33-41(35(37)3)49-51(13,14)44(7,8)9/h22-24,27,34,38-41H,3,15-21,25-26,28-33H2,1-2,4-14H3/t34-,38-,39-,40+,41+,45-/m1/s1. The summed E-state index contributed by atoms with van der Waals surface area (Å²) in [5.41, 5.74) is 4.40. The van der Waals surface area contributed by atoms with Crippen molar-refractivity contribution >= 4 is 22.4 Å². The maximum atomic E-state index is 13.4. The van der Waals surface area contributed by atoms with Crippen LogP contribution in [0.2, 0.25) is 36.3 Å². The van der Waals surface area contributed by atoms with E-state index in [-0.39, 0.29) is 33.1 Å². The zero-order valence-electron chi connectivity index (χ0n) is 35.7. The lowest BCUT2D eigenvalue weighted by Gasteiger charge is -2.45. The number of unbranched alkanes of at least 4 members (excludes halogenated alkanes) is 4. The second kappa shape index (κ2) is 16.4. The lowest BCUT2D eigenvalue weighted by atomic mass is 9.61. The van der Waals surface area contributed by atoms with Gasteiger partial charge in [-0.25, -0.2) is 0 Å². The Morgan fingerprint density at radius 2 is 1.55 bits per heavy atom. The van der Waals surface area contributed by atoms with Gasteiger partial charge < -0.3 is 8.85 Å². The summed E-state index contributed by atoms with van der Waals surface area (Å²) in [5.74, 6) is 2.09. The SMILES string of the molecule is C=C1C(=CC=C2CCC[C@]3(C)[C@@H]([C@H](C)C=CC(=O)C4(CCCCCCC)CC4)CC[C@@H]23)C[C@@H](O[Si](C)(C)C(C)(C)C)C[C@@H]1O[Si](C)(C)C(C)(C)C. The van der Waals surface area contributed by atoms with Crippen LogP contribution >= 0.6 is 0 Å². The van der Waals surface area contributed by atoms with Crippen molar-refractivity contribution in [1.29, 1.82) is 0 Å². The minimum Gasteiger partial charge on any atom is -0.413 e. The summed E-state index contributed by atoms with van der Waals surface area (Å²) in [4.78, 5) is 13.4. The summed E-state index contributed by atoms with van der Waals surface area (Å²) in [6, 6.07) is 0. The van der Waals surface area contributed by atoms with Crippen LogP contribution in [-0.2, 0) is 13.6 Å². The fraction of sp³-hybridized carbons (Fsp3) is 0.804. The van der Waals surface area contributed by atoms with E-state index in [0.29, 0.717) is 23.5 Å². The molecule has 0 aliphatic heterocycles. The van der Waals surface area contributed by atoms with Crippen molar-refractivity contribution in [3.05, 3.63) is 47.6 Å². The fourth-order valence-electron chi connectivity index (χ4n) is 9.30. The van der Waals surface area contributed by atoms with Crippen LogP contribution in [0.15, 0.2) is 47.6 Å². The smallest absolute Gasteiger partial charge is 0.192 e. The van der Waals surface area contributed by atoms with Gasteiger partial charge in [-0.15, -0.1) is 0 Å². The zero-order chi connectivity index (χ0) is 38.0. The van der Waals surface area contributed by atoms with Gasteiger partial charge in [0, 0.05) is 11.8 Å². The molecule has 4 fully saturated rings. The van der Waals surface area contributed by atoms with Gasteiger partial charge in [0.15, 0.2) is 22.4 Å². The summed E-state index contributed by atoms with van der Waals surface area (Å²) < 4.78 is 14.2. The molecule has 51 heavy (non-hydrogen) atoms. The molecule has 0 unspecified atom stereocenters. The van der Waals surface area contributed by atoms with Crippen LogP contribution in [-0.4, -0.2) is 34.6 Å². The monoisotopic (exact) mass is 737 g/mol. The molecule has 4 saturated carbocycles. The number of hydrogen-bond acceptors (Lipinski definition) is 3. The molecule has 4 aliphatic rings. The zero-order valence-corrected chi connectivity index (χ0v) is 37.7. The molecule has 0 aromatic carbocycles. The molecule has 290 valence electrons. The summed E-state index contributed by atoms with van der Waals surface area (Å²) >= 11 is 0. The largest absolute Gasteiger partial charge is 0.413 e. The van der Waals surface area contributed by atoms with Gasteiger partial charge in [-0.05, 0) is 134 Å². The number of rotatable bonds is 15. The van der Waals surface area contributed by atoms with Crippen molar-refractivity contribution in [2.75, 3.05) is 0 Å². The van der Waals surface area contributed by atoms with Gasteiger partial charge in [0.1, 0.15) is 0 Å². The van der Waals surface area contributed by atoms with E-state index in [1.807, 2.05) is 6.08 Å². The highest BCUT2D eigenvalue weighted by molar-refractivity contribution is 6.74. The first kappa shape index (κ1) is 42.7. The van der Waals surface area contributed by atoms with E-state index >= 15 is 0 Å². The third-order valence-electron chi connectivity index (χ3n) is 15.1. The maximum absolute atomic E-state index is 13.4. The average molecular weight is 737 g/mol. The molecule has 6 atom stereocenters. The van der Waals surface area contributed by atoms with Crippen molar-refractivity contribution in [3.63, 3.8) is 0 Å². The topological polar surface area (TPSA) is 35.5 Å². The van der Waals surface area contributed by atoms with E-state index in [2.05, 4.69) is 107 Å². The first-order valence-electron chi connectivity index (χ1n) is 21.2. The highest BCUT2D eigenvalue weighted by Gasteiger charge is 2.51. The molecule has 5 heteroatoms. The van der Waals surface area contributed by atoms with Crippen LogP contribution in [0.1, 0.15) is 159 Å². The minimum atomic E-state index is -2.00. The van der Waals surface area contributed by atoms with E-state index in [0.717, 1.165) is 32.1 Å². The third kappa shape index (κ3) is 10.0. The van der Waals surface area contributed by atoms with Crippen LogP contribution in [0, 0.1) is 28.6 Å². The van der Waals surface area contributed by atoms with Crippen molar-refractivity contribution < 1.29 is 13.6 Å². The summed E-state index contributed by atoms with van der Waals surface area (Å²) in [6.07, 6.45) is 27.2. The van der Waals surface area contributed by atoms with Gasteiger partial charge in [0.05, 0.1) is 12.2 Å². The lowest BCUT2D eigenvalue weighted by molar-refractivity contribution is -0.119. The summed E-state index contributed by atoms with van der Waals surface area (Å²) in [6.45, 7) is 35.5. The number of carbonyl (C=O) groups excluding carboxylic acids is 1. The van der Waals surface area contributed by atoms with E-state index in [1.54, 1.807) is 5.57 Å². The highest BCUT2D eigenvalue weighted by Crippen LogP contribution is 2.60. The maximum Gasteiger partial charge on any atom is 0.192 e. The van der Waals surface area contributed by atoms with E-state index in [4.69, 9.17) is 15.4 Å². The molecule has 3 nitrogen and oxygen atoms in total. The molecule has 0 N–H and O–H groups in total. The Hall–Kier alpha value is -1.02. The Labute approximate surface area is 318 Å². The van der Waals surface area contributed by atoms with Gasteiger partial charge in [-0.3, -0.25) is 4.79 Å². The highest BCUT2D eigenvalue weighted by atomic mass is 28.4. The van der Waals surface area contributed by atoms with Gasteiger partial charge in [0.2, 0.25) is 0 Å². The average Bonchev–Trinajstić information content (AvgIpc) is 3.72. The Morgan fingerprint density at radius 1 is 0.922 bits per heavy atom. The molecular weight excluding hydrogens is 657 g/mol. The van der Waals surface area contributed by atoms with Crippen molar-refractivity contribution in [2.24, 2.45) is 28.6 Å². The molecule has 0 aromatic heterocycles. The molecule has 0 saturated heterocycles. The van der Waals surface area contributed by atoms with Crippen molar-refractivity contribution in [3.8, 4) is 0 Å². The third-order valence-corrected chi connectivity index (χ3v) is 24.1. The fourth-order valence-corrected chi connectivity index (χ4v) is 12.0. The molecular formula is C46H80O3Si2. The minimum absolute atomic E-state index is 0.0118. The van der Waals surface area contributed by atoms with Crippen LogP contribution in [0.4, 0.5) is 0 Å². The predicted molar refractivity (Wildman–Crippen MR) is 225 cm³/mol. The number of carbonyl (C=O) groups is 1. The Kier molecular flexibility index (Phi) is 13.7. The first-order valence-corrected chi connectivity index (χ1v) is 27.1. The van der Waals surface area contributed by atoms with Crippen LogP contribution in [0.25, 0.3) is 0 Å². The number of ketones is 1. The van der Waals surface area contributed by atoms with Gasteiger partial charge in [-0.1, -0.05) is 125 Å². The molecule has 0 bridgehead atoms. The van der Waals surface area contributed by atoms with Gasteiger partial charge in [0.25, 0.3) is 0 Å². The summed E-state index contributed by atoms with van der Waals surface area (Å²) in [5, 5.41) is 0.312. The van der Waals surface area contributed by atoms with E-state index < -0.39 is 16.6 Å². The molecule has 0 heterocycles. The molecule has 4 aliphatic carbocycles. The van der Waals surface area contributed by atoms with Crippen molar-refractivity contribution in [1.82, 2.24) is 0 Å². The Bertz CT molecular complexity index is 1320. The number of fused-ring (bicyclic) bond motifs is 1. The van der Waals surface area contributed by atoms with Crippen LogP contribution in [0.5, 0.6) is 0 Å². The number of hydrogen-bond donors (Lipinski definition) is 0. The Morgan fingerprint density at radius 3 is 2.16 bits per heavy atom. The normalized spacial score (nSPS) is 31.0.